The fourth-order valence-electron chi connectivity index (χ4n) is 3.00. The van der Waals surface area contributed by atoms with Crippen molar-refractivity contribution in [1.29, 1.82) is 0 Å². The molecule has 126 valence electrons. The predicted molar refractivity (Wildman–Crippen MR) is 89.5 cm³/mol. The van der Waals surface area contributed by atoms with Gasteiger partial charge in [-0.05, 0) is 38.0 Å². The molecule has 1 aliphatic heterocycles. The van der Waals surface area contributed by atoms with Crippen LogP contribution in [0.3, 0.4) is 0 Å². The molecule has 3 rings (SSSR count). The number of piperidine rings is 1. The molecule has 2 aromatic rings. The van der Waals surface area contributed by atoms with Crippen LogP contribution in [-0.2, 0) is 0 Å². The molecule has 0 bridgehead atoms. The minimum Gasteiger partial charge on any atom is -0.477 e. The van der Waals surface area contributed by atoms with Gasteiger partial charge < -0.3 is 9.64 Å². The van der Waals surface area contributed by atoms with Crippen molar-refractivity contribution in [2.24, 2.45) is 5.92 Å². The largest absolute Gasteiger partial charge is 0.477 e. The van der Waals surface area contributed by atoms with Crippen LogP contribution in [0.5, 0.6) is 5.88 Å². The molecular formula is C19H21FN2O2. The van der Waals surface area contributed by atoms with Gasteiger partial charge in [-0.15, -0.1) is 0 Å². The van der Waals surface area contributed by atoms with Gasteiger partial charge in [0.25, 0.3) is 5.91 Å². The first-order valence-corrected chi connectivity index (χ1v) is 8.22. The van der Waals surface area contributed by atoms with Crippen molar-refractivity contribution in [2.75, 3.05) is 19.7 Å². The molecule has 1 fully saturated rings. The van der Waals surface area contributed by atoms with Gasteiger partial charge in [-0.3, -0.25) is 4.79 Å². The van der Waals surface area contributed by atoms with Crippen LogP contribution in [0, 0.1) is 18.7 Å². The van der Waals surface area contributed by atoms with Crippen molar-refractivity contribution in [1.82, 2.24) is 9.88 Å². The second kappa shape index (κ2) is 7.43. The maximum Gasteiger partial charge on any atom is 0.253 e. The lowest BCUT2D eigenvalue weighted by molar-refractivity contribution is 0.0631. The Morgan fingerprint density at radius 2 is 2.25 bits per heavy atom. The quantitative estimate of drug-likeness (QED) is 0.863. The molecule has 5 heteroatoms. The molecule has 2 heterocycles. The van der Waals surface area contributed by atoms with Crippen LogP contribution in [0.25, 0.3) is 0 Å². The van der Waals surface area contributed by atoms with E-state index in [1.807, 2.05) is 36.1 Å². The number of carbonyl (C=O) groups excluding carboxylic acids is 1. The van der Waals surface area contributed by atoms with Gasteiger partial charge in [0.1, 0.15) is 5.82 Å². The molecule has 1 aromatic carbocycles. The lowest BCUT2D eigenvalue weighted by atomic mass is 9.98. The summed E-state index contributed by atoms with van der Waals surface area (Å²) in [5.74, 6) is 0.371. The first kappa shape index (κ1) is 16.4. The zero-order valence-corrected chi connectivity index (χ0v) is 13.7. The number of hydrogen-bond donors (Lipinski definition) is 0. The third-order valence-electron chi connectivity index (χ3n) is 4.24. The highest BCUT2D eigenvalue weighted by Gasteiger charge is 2.25. The number of aromatic nitrogens is 1. The third-order valence-corrected chi connectivity index (χ3v) is 4.24. The summed E-state index contributed by atoms with van der Waals surface area (Å²) in [6, 6.07) is 10.5. The maximum atomic E-state index is 12.8. The van der Waals surface area contributed by atoms with Crippen molar-refractivity contribution in [2.45, 2.75) is 19.8 Å². The molecule has 0 aliphatic carbocycles. The van der Waals surface area contributed by atoms with Gasteiger partial charge in [0, 0.05) is 30.6 Å². The summed E-state index contributed by atoms with van der Waals surface area (Å²) >= 11 is 0. The molecule has 1 unspecified atom stereocenters. The van der Waals surface area contributed by atoms with Crippen molar-refractivity contribution in [3.05, 3.63) is 59.5 Å². The molecule has 1 saturated heterocycles. The summed E-state index contributed by atoms with van der Waals surface area (Å²) in [5, 5.41) is 0. The number of carbonyl (C=O) groups is 1. The van der Waals surface area contributed by atoms with E-state index in [2.05, 4.69) is 4.98 Å². The number of nitrogens with zero attached hydrogens (tertiary/aromatic N) is 2. The molecule has 4 nitrogen and oxygen atoms in total. The van der Waals surface area contributed by atoms with Gasteiger partial charge in [-0.2, -0.15) is 0 Å². The number of hydrogen-bond acceptors (Lipinski definition) is 3. The number of aryl methyl sites for hydroxylation is 1. The Kier molecular flexibility index (Phi) is 5.08. The molecule has 0 N–H and O–H groups in total. The van der Waals surface area contributed by atoms with E-state index >= 15 is 0 Å². The monoisotopic (exact) mass is 328 g/mol. The molecule has 0 spiro atoms. The van der Waals surface area contributed by atoms with Crippen LogP contribution in [-0.4, -0.2) is 35.5 Å². The summed E-state index contributed by atoms with van der Waals surface area (Å²) < 4.78 is 18.5. The first-order chi connectivity index (χ1) is 11.6. The molecular weight excluding hydrogens is 307 g/mol. The van der Waals surface area contributed by atoms with Crippen LogP contribution in [0.15, 0.2) is 42.6 Å². The summed E-state index contributed by atoms with van der Waals surface area (Å²) in [6.45, 7) is 3.92. The molecule has 1 atom stereocenters. The average Bonchev–Trinajstić information content (AvgIpc) is 2.61. The maximum absolute atomic E-state index is 12.8. The van der Waals surface area contributed by atoms with E-state index in [-0.39, 0.29) is 17.6 Å². The van der Waals surface area contributed by atoms with E-state index in [1.165, 1.54) is 12.1 Å². The fourth-order valence-corrected chi connectivity index (χ4v) is 3.00. The van der Waals surface area contributed by atoms with Crippen LogP contribution < -0.4 is 4.74 Å². The second-order valence-electron chi connectivity index (χ2n) is 6.25. The van der Waals surface area contributed by atoms with Crippen molar-refractivity contribution in [3.8, 4) is 5.88 Å². The number of halogens is 1. The minimum atomic E-state index is -0.380. The normalized spacial score (nSPS) is 17.6. The van der Waals surface area contributed by atoms with Gasteiger partial charge in [-0.25, -0.2) is 9.37 Å². The van der Waals surface area contributed by atoms with Crippen molar-refractivity contribution in [3.63, 3.8) is 0 Å². The van der Waals surface area contributed by atoms with E-state index in [9.17, 15) is 9.18 Å². The van der Waals surface area contributed by atoms with Gasteiger partial charge in [0.05, 0.1) is 12.8 Å². The van der Waals surface area contributed by atoms with E-state index in [4.69, 9.17) is 4.74 Å². The number of benzene rings is 1. The predicted octanol–water partition coefficient (Wildman–Crippen LogP) is 3.46. The lowest BCUT2D eigenvalue weighted by Gasteiger charge is -2.32. The number of rotatable bonds is 4. The zero-order valence-electron chi connectivity index (χ0n) is 13.7. The number of ether oxygens (including phenoxy) is 1. The van der Waals surface area contributed by atoms with Crippen LogP contribution in [0.1, 0.15) is 28.8 Å². The Bertz CT molecular complexity index is 703. The fraction of sp³-hybridized carbons (Fsp3) is 0.368. The van der Waals surface area contributed by atoms with Gasteiger partial charge in [0.15, 0.2) is 0 Å². The topological polar surface area (TPSA) is 42.4 Å². The molecule has 1 aliphatic rings. The molecule has 1 aromatic heterocycles. The molecule has 0 radical (unpaired) electrons. The summed E-state index contributed by atoms with van der Waals surface area (Å²) in [5.41, 5.74) is 1.82. The Morgan fingerprint density at radius 1 is 1.38 bits per heavy atom. The molecule has 1 amide bonds. The highest BCUT2D eigenvalue weighted by molar-refractivity contribution is 5.94. The Hall–Kier alpha value is -2.43. The second-order valence-corrected chi connectivity index (χ2v) is 6.25. The van der Waals surface area contributed by atoms with E-state index < -0.39 is 0 Å². The van der Waals surface area contributed by atoms with Crippen molar-refractivity contribution < 1.29 is 13.9 Å². The van der Waals surface area contributed by atoms with Crippen LogP contribution in [0.2, 0.25) is 0 Å². The van der Waals surface area contributed by atoms with Crippen molar-refractivity contribution >= 4 is 5.91 Å². The van der Waals surface area contributed by atoms with Crippen LogP contribution in [0.4, 0.5) is 4.39 Å². The highest BCUT2D eigenvalue weighted by atomic mass is 19.1. The highest BCUT2D eigenvalue weighted by Crippen LogP contribution is 2.20. The first-order valence-electron chi connectivity index (χ1n) is 8.22. The smallest absolute Gasteiger partial charge is 0.253 e. The van der Waals surface area contributed by atoms with Gasteiger partial charge >= 0.3 is 0 Å². The van der Waals surface area contributed by atoms with E-state index in [0.29, 0.717) is 19.0 Å². The Balaban J connectivity index is 1.57. The third kappa shape index (κ3) is 4.10. The summed E-state index contributed by atoms with van der Waals surface area (Å²) in [7, 11) is 0. The minimum absolute atomic E-state index is 0.0725. The van der Waals surface area contributed by atoms with Gasteiger partial charge in [0.2, 0.25) is 5.88 Å². The molecule has 0 saturated carbocycles. The standard InChI is InChI=1S/C19H21FN2O2/c1-14-4-2-6-16(10-14)19(23)22-9-3-5-15(12-22)13-24-18-8-7-17(20)11-21-18/h2,4,6-8,10-11,15H,3,5,9,12-13H2,1H3. The number of likely N-dealkylation sites (tertiary alicyclic amines) is 1. The zero-order chi connectivity index (χ0) is 16.9. The van der Waals surface area contributed by atoms with E-state index in [1.54, 1.807) is 0 Å². The summed E-state index contributed by atoms with van der Waals surface area (Å²) in [6.07, 6.45) is 3.12. The SMILES string of the molecule is Cc1cccc(C(=O)N2CCCC(COc3ccc(F)cn3)C2)c1. The Morgan fingerprint density at radius 3 is 3.00 bits per heavy atom. The lowest BCUT2D eigenvalue weighted by Crippen LogP contribution is -2.41. The number of amides is 1. The van der Waals surface area contributed by atoms with Gasteiger partial charge in [-0.1, -0.05) is 17.7 Å². The number of pyridine rings is 1. The Labute approximate surface area is 141 Å². The van der Waals surface area contributed by atoms with Crippen LogP contribution >= 0.6 is 0 Å². The molecule has 24 heavy (non-hydrogen) atoms. The summed E-state index contributed by atoms with van der Waals surface area (Å²) in [4.78, 5) is 18.4. The average molecular weight is 328 g/mol. The van der Waals surface area contributed by atoms with E-state index in [0.717, 1.165) is 36.7 Å².